The molecule has 0 amide bonds. The minimum Gasteiger partial charge on any atom is -0.495 e. The SMILES string of the molecule is COc1cc(-c2ccc(N)cc2N)ccc1N. The number of rotatable bonds is 2. The van der Waals surface area contributed by atoms with E-state index in [1.165, 1.54) is 0 Å². The number of ether oxygens (including phenoxy) is 1. The van der Waals surface area contributed by atoms with E-state index < -0.39 is 0 Å². The van der Waals surface area contributed by atoms with Crippen molar-refractivity contribution in [2.45, 2.75) is 0 Å². The van der Waals surface area contributed by atoms with Crippen LogP contribution in [0.1, 0.15) is 0 Å². The molecular weight excluding hydrogens is 214 g/mol. The third-order valence-corrected chi connectivity index (χ3v) is 2.62. The molecule has 0 heterocycles. The van der Waals surface area contributed by atoms with Crippen LogP contribution in [0.15, 0.2) is 36.4 Å². The van der Waals surface area contributed by atoms with E-state index in [0.717, 1.165) is 11.1 Å². The molecule has 0 saturated carbocycles. The van der Waals surface area contributed by atoms with E-state index in [2.05, 4.69) is 0 Å². The summed E-state index contributed by atoms with van der Waals surface area (Å²) in [6.07, 6.45) is 0. The van der Waals surface area contributed by atoms with Gasteiger partial charge in [0.05, 0.1) is 12.8 Å². The number of methoxy groups -OCH3 is 1. The second kappa shape index (κ2) is 4.25. The maximum absolute atomic E-state index is 5.93. The summed E-state index contributed by atoms with van der Waals surface area (Å²) < 4.78 is 5.18. The molecule has 0 aliphatic carbocycles. The van der Waals surface area contributed by atoms with Gasteiger partial charge in [-0.25, -0.2) is 0 Å². The Kier molecular flexibility index (Phi) is 2.78. The molecule has 0 saturated heterocycles. The standard InChI is InChI=1S/C13H15N3O/c1-17-13-6-8(2-5-11(13)15)10-4-3-9(14)7-12(10)16/h2-7H,14-16H2,1H3. The van der Waals surface area contributed by atoms with Gasteiger partial charge >= 0.3 is 0 Å². The zero-order valence-corrected chi connectivity index (χ0v) is 9.60. The predicted molar refractivity (Wildman–Crippen MR) is 71.7 cm³/mol. The van der Waals surface area contributed by atoms with Crippen LogP contribution in [-0.2, 0) is 0 Å². The smallest absolute Gasteiger partial charge is 0.142 e. The molecular formula is C13H15N3O. The lowest BCUT2D eigenvalue weighted by molar-refractivity contribution is 0.417. The summed E-state index contributed by atoms with van der Waals surface area (Å²) in [6, 6.07) is 11.0. The molecule has 0 unspecified atom stereocenters. The maximum atomic E-state index is 5.93. The van der Waals surface area contributed by atoms with Crippen LogP contribution in [0.25, 0.3) is 11.1 Å². The molecule has 2 rings (SSSR count). The summed E-state index contributed by atoms with van der Waals surface area (Å²) in [6.45, 7) is 0. The van der Waals surface area contributed by atoms with E-state index in [9.17, 15) is 0 Å². The van der Waals surface area contributed by atoms with Gasteiger partial charge in [0.15, 0.2) is 0 Å². The second-order valence-corrected chi connectivity index (χ2v) is 3.80. The van der Waals surface area contributed by atoms with Crippen LogP contribution in [0.3, 0.4) is 0 Å². The first-order valence-electron chi connectivity index (χ1n) is 5.20. The first-order valence-corrected chi connectivity index (χ1v) is 5.20. The van der Waals surface area contributed by atoms with Crippen molar-refractivity contribution in [1.29, 1.82) is 0 Å². The van der Waals surface area contributed by atoms with Crippen LogP contribution >= 0.6 is 0 Å². The van der Waals surface area contributed by atoms with E-state index in [1.807, 2.05) is 24.3 Å². The molecule has 4 heteroatoms. The van der Waals surface area contributed by atoms with E-state index in [1.54, 1.807) is 19.2 Å². The summed E-state index contributed by atoms with van der Waals surface area (Å²) in [5.41, 5.74) is 21.1. The molecule has 2 aromatic carbocycles. The van der Waals surface area contributed by atoms with Crippen molar-refractivity contribution >= 4 is 17.1 Å². The third-order valence-electron chi connectivity index (χ3n) is 2.62. The van der Waals surface area contributed by atoms with E-state index >= 15 is 0 Å². The van der Waals surface area contributed by atoms with Gasteiger partial charge < -0.3 is 21.9 Å². The van der Waals surface area contributed by atoms with Gasteiger partial charge in [0.25, 0.3) is 0 Å². The van der Waals surface area contributed by atoms with Crippen molar-refractivity contribution in [2.24, 2.45) is 0 Å². The van der Waals surface area contributed by atoms with Crippen molar-refractivity contribution in [2.75, 3.05) is 24.3 Å². The van der Waals surface area contributed by atoms with Gasteiger partial charge in [0, 0.05) is 16.9 Å². The Labute approximate surface area is 100.0 Å². The number of anilines is 3. The highest BCUT2D eigenvalue weighted by Gasteiger charge is 2.06. The van der Waals surface area contributed by atoms with Crippen LogP contribution in [0.4, 0.5) is 17.1 Å². The average Bonchev–Trinajstić information content (AvgIpc) is 2.30. The molecule has 0 radical (unpaired) electrons. The van der Waals surface area contributed by atoms with Crippen molar-refractivity contribution in [3.63, 3.8) is 0 Å². The Morgan fingerprint density at radius 2 is 1.65 bits per heavy atom. The normalized spacial score (nSPS) is 10.2. The van der Waals surface area contributed by atoms with Gasteiger partial charge in [-0.2, -0.15) is 0 Å². The average molecular weight is 229 g/mol. The number of hydrogen-bond acceptors (Lipinski definition) is 4. The Hall–Kier alpha value is -2.36. The lowest BCUT2D eigenvalue weighted by Gasteiger charge is -2.10. The zero-order chi connectivity index (χ0) is 12.4. The van der Waals surface area contributed by atoms with Crippen molar-refractivity contribution in [3.8, 4) is 16.9 Å². The fourth-order valence-corrected chi connectivity index (χ4v) is 1.72. The topological polar surface area (TPSA) is 87.3 Å². The summed E-state index contributed by atoms with van der Waals surface area (Å²) in [5.74, 6) is 0.638. The Bertz CT molecular complexity index is 552. The molecule has 6 N–H and O–H groups in total. The van der Waals surface area contributed by atoms with Crippen LogP contribution in [0.5, 0.6) is 5.75 Å². The molecule has 0 aliphatic heterocycles. The van der Waals surface area contributed by atoms with Gasteiger partial charge in [0.2, 0.25) is 0 Å². The minimum atomic E-state index is 0.602. The van der Waals surface area contributed by atoms with Crippen LogP contribution in [0, 0.1) is 0 Å². The quantitative estimate of drug-likeness (QED) is 0.688. The Morgan fingerprint density at radius 1 is 0.882 bits per heavy atom. The zero-order valence-electron chi connectivity index (χ0n) is 9.60. The highest BCUT2D eigenvalue weighted by Crippen LogP contribution is 2.32. The van der Waals surface area contributed by atoms with E-state index in [0.29, 0.717) is 22.8 Å². The summed E-state index contributed by atoms with van der Waals surface area (Å²) in [4.78, 5) is 0. The fraction of sp³-hybridized carbons (Fsp3) is 0.0769. The Morgan fingerprint density at radius 3 is 2.29 bits per heavy atom. The van der Waals surface area contributed by atoms with Crippen LogP contribution in [0.2, 0.25) is 0 Å². The number of benzene rings is 2. The number of nitrogen functional groups attached to an aromatic ring is 3. The lowest BCUT2D eigenvalue weighted by atomic mass is 10.0. The van der Waals surface area contributed by atoms with Crippen LogP contribution < -0.4 is 21.9 Å². The minimum absolute atomic E-state index is 0.602. The molecule has 0 fully saturated rings. The highest BCUT2D eigenvalue weighted by molar-refractivity contribution is 5.80. The molecule has 2 aromatic rings. The first-order chi connectivity index (χ1) is 8.11. The van der Waals surface area contributed by atoms with E-state index in [4.69, 9.17) is 21.9 Å². The van der Waals surface area contributed by atoms with Crippen molar-refractivity contribution < 1.29 is 4.74 Å². The second-order valence-electron chi connectivity index (χ2n) is 3.80. The van der Waals surface area contributed by atoms with Crippen molar-refractivity contribution in [3.05, 3.63) is 36.4 Å². The van der Waals surface area contributed by atoms with Gasteiger partial charge in [-0.05, 0) is 29.8 Å². The number of hydrogen-bond donors (Lipinski definition) is 3. The first kappa shape index (κ1) is 11.1. The molecule has 0 spiro atoms. The number of nitrogens with two attached hydrogens (primary N) is 3. The summed E-state index contributed by atoms with van der Waals surface area (Å²) in [7, 11) is 1.59. The Balaban J connectivity index is 2.53. The van der Waals surface area contributed by atoms with E-state index in [-0.39, 0.29) is 0 Å². The summed E-state index contributed by atoms with van der Waals surface area (Å²) in [5, 5.41) is 0. The largest absolute Gasteiger partial charge is 0.495 e. The van der Waals surface area contributed by atoms with Gasteiger partial charge in [-0.1, -0.05) is 12.1 Å². The van der Waals surface area contributed by atoms with Gasteiger partial charge in [-0.15, -0.1) is 0 Å². The molecule has 0 bridgehead atoms. The molecule has 17 heavy (non-hydrogen) atoms. The lowest BCUT2D eigenvalue weighted by Crippen LogP contribution is -1.95. The summed E-state index contributed by atoms with van der Waals surface area (Å²) >= 11 is 0. The predicted octanol–water partition coefficient (Wildman–Crippen LogP) is 2.11. The molecule has 0 atom stereocenters. The molecule has 88 valence electrons. The fourth-order valence-electron chi connectivity index (χ4n) is 1.72. The molecule has 0 aromatic heterocycles. The van der Waals surface area contributed by atoms with Gasteiger partial charge in [0.1, 0.15) is 5.75 Å². The maximum Gasteiger partial charge on any atom is 0.142 e. The highest BCUT2D eigenvalue weighted by atomic mass is 16.5. The van der Waals surface area contributed by atoms with Crippen molar-refractivity contribution in [1.82, 2.24) is 0 Å². The monoisotopic (exact) mass is 229 g/mol. The molecule has 0 aliphatic rings. The molecule has 4 nitrogen and oxygen atoms in total. The van der Waals surface area contributed by atoms with Crippen LogP contribution in [-0.4, -0.2) is 7.11 Å². The van der Waals surface area contributed by atoms with Gasteiger partial charge in [-0.3, -0.25) is 0 Å². The third kappa shape index (κ3) is 2.10.